The minimum atomic E-state index is -0.251. The molecule has 124 valence electrons. The number of amides is 1. The minimum Gasteiger partial charge on any atom is -0.487 e. The smallest absolute Gasteiger partial charge is 0.253 e. The van der Waals surface area contributed by atoms with E-state index < -0.39 is 0 Å². The summed E-state index contributed by atoms with van der Waals surface area (Å²) in [6.45, 7) is 1.40. The van der Waals surface area contributed by atoms with Crippen LogP contribution in [0.5, 0.6) is 5.75 Å². The van der Waals surface area contributed by atoms with Crippen LogP contribution in [0.2, 0.25) is 0 Å². The van der Waals surface area contributed by atoms with Gasteiger partial charge in [0.15, 0.2) is 0 Å². The molecule has 4 rings (SSSR count). The molecule has 3 heterocycles. The van der Waals surface area contributed by atoms with Crippen LogP contribution >= 0.6 is 0 Å². The summed E-state index contributed by atoms with van der Waals surface area (Å²) in [5.41, 5.74) is 1.36. The summed E-state index contributed by atoms with van der Waals surface area (Å²) >= 11 is 0. The molecular weight excluding hydrogens is 304 g/mol. The van der Waals surface area contributed by atoms with Crippen LogP contribution < -0.4 is 10.1 Å². The van der Waals surface area contributed by atoms with Crippen molar-refractivity contribution in [1.29, 1.82) is 0 Å². The topological polar surface area (TPSA) is 60.5 Å². The van der Waals surface area contributed by atoms with Crippen molar-refractivity contribution >= 4 is 5.91 Å². The molecule has 5 heteroatoms. The SMILES string of the molecule is O=C(N[C@H]1CC2(CCOCC2)Oc2ccccc21)c1cccnc1. The number of para-hydroxylation sites is 1. The molecule has 0 saturated carbocycles. The third-order valence-corrected chi connectivity index (χ3v) is 4.83. The first-order chi connectivity index (χ1) is 11.8. The summed E-state index contributed by atoms with van der Waals surface area (Å²) < 4.78 is 11.8. The lowest BCUT2D eigenvalue weighted by Gasteiger charge is -2.44. The Morgan fingerprint density at radius 1 is 1.17 bits per heavy atom. The number of hydrogen-bond donors (Lipinski definition) is 1. The monoisotopic (exact) mass is 324 g/mol. The second-order valence-corrected chi connectivity index (χ2v) is 6.41. The zero-order valence-electron chi connectivity index (χ0n) is 13.4. The lowest BCUT2D eigenvalue weighted by molar-refractivity contribution is -0.0639. The van der Waals surface area contributed by atoms with Gasteiger partial charge in [-0.25, -0.2) is 0 Å². The average molecular weight is 324 g/mol. The molecule has 2 aliphatic heterocycles. The summed E-state index contributed by atoms with van der Waals surface area (Å²) in [7, 11) is 0. The number of carbonyl (C=O) groups excluding carboxylic acids is 1. The lowest BCUT2D eigenvalue weighted by atomic mass is 9.82. The van der Waals surface area contributed by atoms with E-state index in [0.29, 0.717) is 18.8 Å². The predicted octanol–water partition coefficient (Wildman–Crippen LogP) is 2.88. The number of nitrogens with zero attached hydrogens (tertiary/aromatic N) is 1. The fourth-order valence-corrected chi connectivity index (χ4v) is 3.54. The van der Waals surface area contributed by atoms with Gasteiger partial charge in [-0.3, -0.25) is 9.78 Å². The van der Waals surface area contributed by atoms with E-state index in [1.54, 1.807) is 24.5 Å². The van der Waals surface area contributed by atoms with Crippen LogP contribution in [-0.4, -0.2) is 29.7 Å². The van der Waals surface area contributed by atoms with Gasteiger partial charge in [0.25, 0.3) is 5.91 Å². The third kappa shape index (κ3) is 2.87. The molecule has 1 fully saturated rings. The van der Waals surface area contributed by atoms with E-state index in [-0.39, 0.29) is 17.6 Å². The fraction of sp³-hybridized carbons (Fsp3) is 0.368. The molecule has 1 aromatic carbocycles. The highest BCUT2D eigenvalue weighted by molar-refractivity contribution is 5.94. The Morgan fingerprint density at radius 3 is 2.79 bits per heavy atom. The van der Waals surface area contributed by atoms with Gasteiger partial charge in [0, 0.05) is 37.2 Å². The largest absolute Gasteiger partial charge is 0.487 e. The molecule has 0 unspecified atom stereocenters. The number of ether oxygens (including phenoxy) is 2. The summed E-state index contributed by atoms with van der Waals surface area (Å²) in [6.07, 6.45) is 5.71. The van der Waals surface area contributed by atoms with E-state index in [2.05, 4.69) is 10.3 Å². The second-order valence-electron chi connectivity index (χ2n) is 6.41. The van der Waals surface area contributed by atoms with Gasteiger partial charge in [-0.05, 0) is 18.2 Å². The number of pyridine rings is 1. The zero-order valence-corrected chi connectivity index (χ0v) is 13.4. The Kier molecular flexibility index (Phi) is 3.94. The van der Waals surface area contributed by atoms with Crippen LogP contribution in [0.3, 0.4) is 0 Å². The van der Waals surface area contributed by atoms with Crippen molar-refractivity contribution in [3.8, 4) is 5.75 Å². The van der Waals surface area contributed by atoms with Gasteiger partial charge < -0.3 is 14.8 Å². The molecule has 1 spiro atoms. The second kappa shape index (κ2) is 6.24. The lowest BCUT2D eigenvalue weighted by Crippen LogP contribution is -2.48. The Labute approximate surface area is 141 Å². The predicted molar refractivity (Wildman–Crippen MR) is 88.9 cm³/mol. The van der Waals surface area contributed by atoms with Gasteiger partial charge in [-0.2, -0.15) is 0 Å². The molecule has 1 atom stereocenters. The van der Waals surface area contributed by atoms with E-state index >= 15 is 0 Å². The Bertz CT molecular complexity index is 726. The third-order valence-electron chi connectivity index (χ3n) is 4.83. The van der Waals surface area contributed by atoms with E-state index in [9.17, 15) is 4.79 Å². The molecule has 2 aliphatic rings. The molecule has 1 saturated heterocycles. The van der Waals surface area contributed by atoms with Gasteiger partial charge in [0.2, 0.25) is 0 Å². The van der Waals surface area contributed by atoms with Gasteiger partial charge in [0.1, 0.15) is 11.4 Å². The highest BCUT2D eigenvalue weighted by atomic mass is 16.5. The van der Waals surface area contributed by atoms with Crippen LogP contribution in [-0.2, 0) is 4.74 Å². The minimum absolute atomic E-state index is 0.0687. The average Bonchev–Trinajstić information content (AvgIpc) is 2.63. The van der Waals surface area contributed by atoms with Crippen molar-refractivity contribution in [2.24, 2.45) is 0 Å². The van der Waals surface area contributed by atoms with Crippen molar-refractivity contribution in [1.82, 2.24) is 10.3 Å². The normalized spacial score (nSPS) is 21.6. The maximum absolute atomic E-state index is 12.6. The van der Waals surface area contributed by atoms with Crippen LogP contribution in [0.15, 0.2) is 48.8 Å². The van der Waals surface area contributed by atoms with Crippen LogP contribution in [0.1, 0.15) is 41.2 Å². The molecule has 1 amide bonds. The molecule has 2 aromatic rings. The molecule has 0 radical (unpaired) electrons. The quantitative estimate of drug-likeness (QED) is 0.923. The van der Waals surface area contributed by atoms with Crippen molar-refractivity contribution in [2.45, 2.75) is 30.9 Å². The first kappa shape index (κ1) is 15.1. The number of aromatic nitrogens is 1. The highest BCUT2D eigenvalue weighted by Crippen LogP contribution is 2.43. The van der Waals surface area contributed by atoms with Gasteiger partial charge in [0.05, 0.1) is 24.8 Å². The Hall–Kier alpha value is -2.40. The van der Waals surface area contributed by atoms with Crippen molar-refractivity contribution in [3.05, 3.63) is 59.9 Å². The molecule has 0 aliphatic carbocycles. The van der Waals surface area contributed by atoms with Gasteiger partial charge >= 0.3 is 0 Å². The van der Waals surface area contributed by atoms with E-state index in [4.69, 9.17) is 9.47 Å². The molecular formula is C19H20N2O3. The first-order valence-corrected chi connectivity index (χ1v) is 8.32. The van der Waals surface area contributed by atoms with Crippen LogP contribution in [0, 0.1) is 0 Å². The van der Waals surface area contributed by atoms with Crippen LogP contribution in [0.25, 0.3) is 0 Å². The number of nitrogens with one attached hydrogen (secondary N) is 1. The van der Waals surface area contributed by atoms with E-state index in [0.717, 1.165) is 30.6 Å². The van der Waals surface area contributed by atoms with Gasteiger partial charge in [-0.1, -0.05) is 18.2 Å². The molecule has 0 bridgehead atoms. The summed E-state index contributed by atoms with van der Waals surface area (Å²) in [4.78, 5) is 16.6. The van der Waals surface area contributed by atoms with Crippen molar-refractivity contribution in [2.75, 3.05) is 13.2 Å². The molecule has 5 nitrogen and oxygen atoms in total. The zero-order chi connectivity index (χ0) is 16.4. The van der Waals surface area contributed by atoms with Crippen molar-refractivity contribution < 1.29 is 14.3 Å². The number of fused-ring (bicyclic) bond motifs is 1. The fourth-order valence-electron chi connectivity index (χ4n) is 3.54. The molecule has 1 N–H and O–H groups in total. The maximum Gasteiger partial charge on any atom is 0.253 e. The van der Waals surface area contributed by atoms with Crippen LogP contribution in [0.4, 0.5) is 0 Å². The first-order valence-electron chi connectivity index (χ1n) is 8.32. The summed E-state index contributed by atoms with van der Waals surface area (Å²) in [6, 6.07) is 11.4. The molecule has 24 heavy (non-hydrogen) atoms. The Balaban J connectivity index is 1.62. The van der Waals surface area contributed by atoms with E-state index in [1.165, 1.54) is 0 Å². The number of carbonyl (C=O) groups is 1. The van der Waals surface area contributed by atoms with E-state index in [1.807, 2.05) is 24.3 Å². The number of hydrogen-bond acceptors (Lipinski definition) is 4. The Morgan fingerprint density at radius 2 is 2.00 bits per heavy atom. The number of benzene rings is 1. The number of rotatable bonds is 2. The summed E-state index contributed by atoms with van der Waals surface area (Å²) in [5, 5.41) is 3.16. The summed E-state index contributed by atoms with van der Waals surface area (Å²) in [5.74, 6) is 0.758. The maximum atomic E-state index is 12.6. The standard InChI is InChI=1S/C19H20N2O3/c22-18(14-4-3-9-20-13-14)21-16-12-19(7-10-23-11-8-19)24-17-6-2-1-5-15(16)17/h1-6,9,13,16H,7-8,10-12H2,(H,21,22)/t16-/m0/s1. The van der Waals surface area contributed by atoms with Crippen molar-refractivity contribution in [3.63, 3.8) is 0 Å². The molecule has 1 aromatic heterocycles. The van der Waals surface area contributed by atoms with Gasteiger partial charge in [-0.15, -0.1) is 0 Å². The highest BCUT2D eigenvalue weighted by Gasteiger charge is 2.42.